The van der Waals surface area contributed by atoms with Crippen molar-refractivity contribution in [3.8, 4) is 5.75 Å². The standard InChI is InChI=1S/C17H16BrN3O4/c1-11-8-13(6-7-14(11)18)20-17(24)21-19-9-12-4-2-3-5-15(12)25-10-16(22)23/h2-9H,10H2,1H3,(H,22,23)(H2,20,21,24)/b19-9-. The van der Waals surface area contributed by atoms with Gasteiger partial charge in [0.25, 0.3) is 0 Å². The van der Waals surface area contributed by atoms with Crippen LogP contribution in [0.25, 0.3) is 0 Å². The summed E-state index contributed by atoms with van der Waals surface area (Å²) in [5, 5.41) is 15.2. The van der Waals surface area contributed by atoms with Gasteiger partial charge < -0.3 is 15.2 Å². The summed E-state index contributed by atoms with van der Waals surface area (Å²) in [5.74, 6) is -0.714. The van der Waals surface area contributed by atoms with Crippen LogP contribution < -0.4 is 15.5 Å². The predicted octanol–water partition coefficient (Wildman–Crippen LogP) is 3.38. The molecule has 0 radical (unpaired) electrons. The van der Waals surface area contributed by atoms with Crippen LogP contribution in [0.15, 0.2) is 52.0 Å². The normalized spacial score (nSPS) is 10.5. The maximum Gasteiger partial charge on any atom is 0.341 e. The van der Waals surface area contributed by atoms with Crippen LogP contribution in [0.4, 0.5) is 10.5 Å². The molecule has 0 saturated carbocycles. The summed E-state index contributed by atoms with van der Waals surface area (Å²) in [5.41, 5.74) is 4.52. The zero-order valence-electron chi connectivity index (χ0n) is 13.3. The minimum atomic E-state index is -1.07. The molecule has 130 valence electrons. The Morgan fingerprint density at radius 2 is 2.04 bits per heavy atom. The van der Waals surface area contributed by atoms with Gasteiger partial charge in [-0.05, 0) is 42.8 Å². The summed E-state index contributed by atoms with van der Waals surface area (Å²) < 4.78 is 6.11. The number of rotatable bonds is 6. The summed E-state index contributed by atoms with van der Waals surface area (Å²) in [6, 6.07) is 11.7. The van der Waals surface area contributed by atoms with Gasteiger partial charge in [-0.2, -0.15) is 5.10 Å². The number of benzene rings is 2. The fourth-order valence-electron chi connectivity index (χ4n) is 1.90. The quantitative estimate of drug-likeness (QED) is 0.506. The average Bonchev–Trinajstić information content (AvgIpc) is 2.57. The summed E-state index contributed by atoms with van der Waals surface area (Å²) in [6.45, 7) is 1.46. The van der Waals surface area contributed by atoms with Crippen molar-refractivity contribution < 1.29 is 19.4 Å². The van der Waals surface area contributed by atoms with Crippen LogP contribution in [0.1, 0.15) is 11.1 Å². The molecule has 0 aliphatic heterocycles. The van der Waals surface area contributed by atoms with Crippen LogP contribution in [0, 0.1) is 6.92 Å². The number of carbonyl (C=O) groups is 2. The van der Waals surface area contributed by atoms with Crippen LogP contribution in [0.5, 0.6) is 5.75 Å². The number of para-hydroxylation sites is 1. The highest BCUT2D eigenvalue weighted by molar-refractivity contribution is 9.10. The third-order valence-electron chi connectivity index (χ3n) is 3.06. The van der Waals surface area contributed by atoms with Gasteiger partial charge >= 0.3 is 12.0 Å². The number of carbonyl (C=O) groups excluding carboxylic acids is 1. The van der Waals surface area contributed by atoms with Gasteiger partial charge in [-0.15, -0.1) is 0 Å². The molecule has 0 aliphatic carbocycles. The molecular formula is C17H16BrN3O4. The number of carboxylic acid groups (broad SMARTS) is 1. The Kier molecular flexibility index (Phi) is 6.53. The lowest BCUT2D eigenvalue weighted by atomic mass is 10.2. The van der Waals surface area contributed by atoms with E-state index in [1.807, 2.05) is 19.1 Å². The SMILES string of the molecule is Cc1cc(NC(=O)N/N=C\c2ccccc2OCC(=O)O)ccc1Br. The molecule has 0 unspecified atom stereocenters. The fraction of sp³-hybridized carbons (Fsp3) is 0.118. The molecule has 3 N–H and O–H groups in total. The number of ether oxygens (including phenoxy) is 1. The third kappa shape index (κ3) is 5.92. The highest BCUT2D eigenvalue weighted by Gasteiger charge is 2.05. The first-order chi connectivity index (χ1) is 12.0. The number of aliphatic carboxylic acids is 1. The zero-order valence-corrected chi connectivity index (χ0v) is 14.9. The smallest absolute Gasteiger partial charge is 0.341 e. The van der Waals surface area contributed by atoms with Gasteiger partial charge in [0.15, 0.2) is 6.61 Å². The molecule has 0 aromatic heterocycles. The molecule has 0 atom stereocenters. The van der Waals surface area contributed by atoms with Crippen molar-refractivity contribution in [1.82, 2.24) is 5.43 Å². The summed E-state index contributed by atoms with van der Waals surface area (Å²) in [7, 11) is 0. The van der Waals surface area contributed by atoms with Crippen molar-refractivity contribution in [3.05, 3.63) is 58.1 Å². The minimum Gasteiger partial charge on any atom is -0.481 e. The van der Waals surface area contributed by atoms with Gasteiger partial charge in [-0.3, -0.25) is 0 Å². The van der Waals surface area contributed by atoms with Gasteiger partial charge in [0.05, 0.1) is 6.21 Å². The molecule has 0 saturated heterocycles. The molecule has 0 bridgehead atoms. The van der Waals surface area contributed by atoms with E-state index in [9.17, 15) is 9.59 Å². The molecule has 0 spiro atoms. The highest BCUT2D eigenvalue weighted by atomic mass is 79.9. The number of carboxylic acids is 1. The second-order valence-corrected chi connectivity index (χ2v) is 5.86. The number of nitrogens with zero attached hydrogens (tertiary/aromatic N) is 1. The molecule has 2 rings (SSSR count). The first-order valence-corrected chi connectivity index (χ1v) is 8.05. The number of aryl methyl sites for hydroxylation is 1. The van der Waals surface area contributed by atoms with Crippen molar-refractivity contribution >= 4 is 39.8 Å². The minimum absolute atomic E-state index is 0.361. The molecule has 0 fully saturated rings. The Balaban J connectivity index is 1.95. The maximum absolute atomic E-state index is 11.8. The van der Waals surface area contributed by atoms with E-state index in [-0.39, 0.29) is 0 Å². The Morgan fingerprint density at radius 3 is 2.76 bits per heavy atom. The molecule has 8 heteroatoms. The Morgan fingerprint density at radius 1 is 1.28 bits per heavy atom. The Labute approximate surface area is 152 Å². The Hall–Kier alpha value is -2.87. The van der Waals surface area contributed by atoms with Crippen molar-refractivity contribution in [2.75, 3.05) is 11.9 Å². The van der Waals surface area contributed by atoms with Crippen LogP contribution in [-0.4, -0.2) is 29.9 Å². The molecule has 7 nitrogen and oxygen atoms in total. The molecular weight excluding hydrogens is 390 g/mol. The van der Waals surface area contributed by atoms with E-state index in [1.165, 1.54) is 6.21 Å². The first kappa shape index (κ1) is 18.5. The van der Waals surface area contributed by atoms with Crippen LogP contribution >= 0.6 is 15.9 Å². The number of amides is 2. The number of hydrogen-bond donors (Lipinski definition) is 3. The van der Waals surface area contributed by atoms with E-state index in [1.54, 1.807) is 30.3 Å². The molecule has 0 heterocycles. The Bertz CT molecular complexity index is 808. The van der Waals surface area contributed by atoms with Crippen molar-refractivity contribution in [2.45, 2.75) is 6.92 Å². The largest absolute Gasteiger partial charge is 0.481 e. The molecule has 2 aromatic carbocycles. The third-order valence-corrected chi connectivity index (χ3v) is 3.95. The van der Waals surface area contributed by atoms with Gasteiger partial charge in [-0.25, -0.2) is 15.0 Å². The predicted molar refractivity (Wildman–Crippen MR) is 98.2 cm³/mol. The lowest BCUT2D eigenvalue weighted by molar-refractivity contribution is -0.139. The second kappa shape index (κ2) is 8.84. The topological polar surface area (TPSA) is 100 Å². The number of urea groups is 1. The van der Waals surface area contributed by atoms with Crippen molar-refractivity contribution in [1.29, 1.82) is 0 Å². The van der Waals surface area contributed by atoms with Crippen LogP contribution in [-0.2, 0) is 4.79 Å². The van der Waals surface area contributed by atoms with E-state index in [0.717, 1.165) is 10.0 Å². The van der Waals surface area contributed by atoms with E-state index in [4.69, 9.17) is 9.84 Å². The van der Waals surface area contributed by atoms with Crippen molar-refractivity contribution in [2.24, 2.45) is 5.10 Å². The highest BCUT2D eigenvalue weighted by Crippen LogP contribution is 2.20. The number of anilines is 1. The van der Waals surface area contributed by atoms with E-state index < -0.39 is 18.6 Å². The monoisotopic (exact) mass is 405 g/mol. The van der Waals surface area contributed by atoms with E-state index in [0.29, 0.717) is 17.0 Å². The lowest BCUT2D eigenvalue weighted by Crippen LogP contribution is -2.24. The van der Waals surface area contributed by atoms with Crippen molar-refractivity contribution in [3.63, 3.8) is 0 Å². The summed E-state index contributed by atoms with van der Waals surface area (Å²) >= 11 is 3.39. The molecule has 25 heavy (non-hydrogen) atoms. The molecule has 0 aliphatic rings. The van der Waals surface area contributed by atoms with Gasteiger partial charge in [0.2, 0.25) is 0 Å². The van der Waals surface area contributed by atoms with E-state index >= 15 is 0 Å². The summed E-state index contributed by atoms with van der Waals surface area (Å²) in [6.07, 6.45) is 1.38. The number of hydrazone groups is 1. The average molecular weight is 406 g/mol. The fourth-order valence-corrected chi connectivity index (χ4v) is 2.15. The van der Waals surface area contributed by atoms with E-state index in [2.05, 4.69) is 31.8 Å². The van der Waals surface area contributed by atoms with Gasteiger partial charge in [-0.1, -0.05) is 28.1 Å². The number of nitrogens with one attached hydrogen (secondary N) is 2. The first-order valence-electron chi connectivity index (χ1n) is 7.25. The summed E-state index contributed by atoms with van der Waals surface area (Å²) in [4.78, 5) is 22.4. The number of hydrogen-bond acceptors (Lipinski definition) is 4. The van der Waals surface area contributed by atoms with Gasteiger partial charge in [0.1, 0.15) is 5.75 Å². The van der Waals surface area contributed by atoms with Crippen LogP contribution in [0.3, 0.4) is 0 Å². The maximum atomic E-state index is 11.8. The lowest BCUT2D eigenvalue weighted by Gasteiger charge is -2.07. The number of halogens is 1. The zero-order chi connectivity index (χ0) is 18.2. The van der Waals surface area contributed by atoms with Crippen LogP contribution in [0.2, 0.25) is 0 Å². The van der Waals surface area contributed by atoms with Gasteiger partial charge in [0, 0.05) is 15.7 Å². The molecule has 2 amide bonds. The second-order valence-electron chi connectivity index (χ2n) is 5.01. The molecule has 2 aromatic rings.